The van der Waals surface area contributed by atoms with E-state index in [0.717, 1.165) is 12.1 Å². The number of benzene rings is 2. The number of ether oxygens (including phenoxy) is 1. The lowest BCUT2D eigenvalue weighted by Gasteiger charge is -2.51. The van der Waals surface area contributed by atoms with E-state index in [-0.39, 0.29) is 95.9 Å². The van der Waals surface area contributed by atoms with Crippen LogP contribution in [0.4, 0.5) is 39.5 Å². The van der Waals surface area contributed by atoms with E-state index >= 15 is 0 Å². The summed E-state index contributed by atoms with van der Waals surface area (Å²) in [5.41, 5.74) is -1.73. The van der Waals surface area contributed by atoms with E-state index in [1.54, 1.807) is 18.2 Å². The van der Waals surface area contributed by atoms with Crippen LogP contribution < -0.4 is 0 Å². The summed E-state index contributed by atoms with van der Waals surface area (Å²) in [6, 6.07) is 11.9. The summed E-state index contributed by atoms with van der Waals surface area (Å²) in [4.78, 5) is 29.6. The fourth-order valence-corrected chi connectivity index (χ4v) is 8.67. The highest BCUT2D eigenvalue weighted by atomic mass is 19.4. The zero-order valence-corrected chi connectivity index (χ0v) is 30.0. The average molecular weight is 796 g/mol. The van der Waals surface area contributed by atoms with Gasteiger partial charge < -0.3 is 14.5 Å². The maximum Gasteiger partial charge on any atom is 0.416 e. The maximum atomic E-state index is 13.8. The molecule has 3 aromatic rings. The van der Waals surface area contributed by atoms with Crippen molar-refractivity contribution in [1.29, 1.82) is 5.26 Å². The Bertz CT molecular complexity index is 1980. The highest BCUT2D eigenvalue weighted by Gasteiger charge is 2.71. The molecule has 0 N–H and O–H groups in total. The van der Waals surface area contributed by atoms with E-state index in [0.29, 0.717) is 22.3 Å². The molecule has 2 amide bonds. The molecule has 300 valence electrons. The molecule has 1 unspecified atom stereocenters. The van der Waals surface area contributed by atoms with Crippen LogP contribution in [0.5, 0.6) is 0 Å². The molecule has 4 fully saturated rings. The van der Waals surface area contributed by atoms with Crippen LogP contribution in [0.2, 0.25) is 0 Å². The van der Waals surface area contributed by atoms with Crippen LogP contribution in [0, 0.1) is 34.0 Å². The fraction of sp³-hybridized carbons (Fsp3) is 0.538. The Labute approximate surface area is 316 Å². The summed E-state index contributed by atoms with van der Waals surface area (Å²) in [7, 11) is 0. The van der Waals surface area contributed by atoms with E-state index in [1.807, 2.05) is 0 Å². The van der Waals surface area contributed by atoms with Crippen molar-refractivity contribution >= 4 is 11.8 Å². The van der Waals surface area contributed by atoms with Crippen LogP contribution in [-0.2, 0) is 28.9 Å². The van der Waals surface area contributed by atoms with Gasteiger partial charge in [0.2, 0.25) is 5.91 Å². The predicted molar refractivity (Wildman–Crippen MR) is 180 cm³/mol. The van der Waals surface area contributed by atoms with Crippen molar-refractivity contribution in [3.63, 3.8) is 0 Å². The summed E-state index contributed by atoms with van der Waals surface area (Å²) in [6.45, 7) is 0.309. The minimum Gasteiger partial charge on any atom is -0.376 e. The lowest BCUT2D eigenvalue weighted by atomic mass is 9.71. The van der Waals surface area contributed by atoms with E-state index in [9.17, 15) is 54.4 Å². The van der Waals surface area contributed by atoms with E-state index in [1.165, 1.54) is 39.0 Å². The highest BCUT2D eigenvalue weighted by molar-refractivity contribution is 5.94. The van der Waals surface area contributed by atoms with E-state index in [4.69, 9.17) is 4.74 Å². The topological polar surface area (TPSA) is 91.5 Å². The molecule has 0 radical (unpaired) electrons. The van der Waals surface area contributed by atoms with E-state index < -0.39 is 58.6 Å². The van der Waals surface area contributed by atoms with Gasteiger partial charge in [0.15, 0.2) is 0 Å². The summed E-state index contributed by atoms with van der Waals surface area (Å²) < 4.78 is 128. The van der Waals surface area contributed by atoms with Gasteiger partial charge in [-0.25, -0.2) is 0 Å². The third-order valence-corrected chi connectivity index (χ3v) is 12.1. The predicted octanol–water partition coefficient (Wildman–Crippen LogP) is 8.12. The lowest BCUT2D eigenvalue weighted by molar-refractivity contribution is -0.205. The quantitative estimate of drug-likeness (QED) is 0.204. The molecule has 8 nitrogen and oxygen atoms in total. The van der Waals surface area contributed by atoms with Crippen molar-refractivity contribution in [2.45, 2.75) is 76.1 Å². The van der Waals surface area contributed by atoms with Gasteiger partial charge >= 0.3 is 18.5 Å². The van der Waals surface area contributed by atoms with E-state index in [2.05, 4.69) is 11.2 Å². The first-order valence-corrected chi connectivity index (χ1v) is 18.3. The van der Waals surface area contributed by atoms with Crippen LogP contribution in [0.25, 0.3) is 0 Å². The number of nitriles is 1. The molecule has 17 heteroatoms. The molecule has 1 aromatic heterocycles. The Kier molecular flexibility index (Phi) is 10.2. The standard InChI is InChI=1S/C39H38F9N5O3/c40-37(41,42)28-8-4-24(5-9-28)16-53-17-27(15-50-53)33(54)51-18-30(35(21-51)22-52(23-35)34(55)36(12-13-36)39(46,47)48)20-56-19-26-2-1-3-31(32(26)14-49)25-6-10-29(11-7-25)38(43,44)45/h1-5,8-9,15,17,25,29-30H,6-7,10-13,16,18-23H2. The Balaban J connectivity index is 1.04. The molecular weight excluding hydrogens is 757 g/mol. The van der Waals surface area contributed by atoms with Gasteiger partial charge in [-0.05, 0) is 73.3 Å². The Morgan fingerprint density at radius 1 is 0.893 bits per heavy atom. The van der Waals surface area contributed by atoms with Crippen LogP contribution in [0.3, 0.4) is 0 Å². The Morgan fingerprint density at radius 3 is 2.14 bits per heavy atom. The number of carbonyl (C=O) groups excluding carboxylic acids is 2. The summed E-state index contributed by atoms with van der Waals surface area (Å²) >= 11 is 0. The SMILES string of the molecule is N#Cc1c(COCC2CN(C(=O)c3cnn(Cc4ccc(C(F)(F)F)cc4)c3)CC23CN(C(=O)C2(C(F)(F)F)CC2)C3)cccc1C1CCC(C(F)(F)F)CC1. The van der Waals surface area contributed by atoms with Crippen molar-refractivity contribution in [2.75, 3.05) is 32.8 Å². The monoisotopic (exact) mass is 795 g/mol. The van der Waals surface area contributed by atoms with Crippen molar-refractivity contribution < 1.29 is 53.8 Å². The lowest BCUT2D eigenvalue weighted by Crippen LogP contribution is -2.65. The Morgan fingerprint density at radius 2 is 1.55 bits per heavy atom. The molecule has 2 aliphatic heterocycles. The molecule has 1 spiro atoms. The number of nitrogens with zero attached hydrogens (tertiary/aromatic N) is 5. The number of aromatic nitrogens is 2. The molecule has 2 saturated heterocycles. The van der Waals surface area contributed by atoms with Crippen molar-refractivity contribution in [1.82, 2.24) is 19.6 Å². The van der Waals surface area contributed by atoms with Gasteiger partial charge in [-0.1, -0.05) is 30.3 Å². The number of amides is 2. The molecule has 2 aromatic carbocycles. The third kappa shape index (κ3) is 7.60. The number of carbonyl (C=O) groups is 2. The molecular formula is C39H38F9N5O3. The number of hydrogen-bond acceptors (Lipinski definition) is 5. The van der Waals surface area contributed by atoms with Crippen LogP contribution >= 0.6 is 0 Å². The van der Waals surface area contributed by atoms with Crippen molar-refractivity contribution in [3.8, 4) is 6.07 Å². The molecule has 2 saturated carbocycles. The summed E-state index contributed by atoms with van der Waals surface area (Å²) in [5, 5.41) is 14.3. The minimum absolute atomic E-state index is 0.0197. The first-order chi connectivity index (χ1) is 26.3. The molecule has 4 aliphatic rings. The molecule has 56 heavy (non-hydrogen) atoms. The van der Waals surface area contributed by atoms with Gasteiger partial charge in [-0.2, -0.15) is 49.9 Å². The van der Waals surface area contributed by atoms with Gasteiger partial charge in [-0.3, -0.25) is 14.3 Å². The zero-order valence-electron chi connectivity index (χ0n) is 30.0. The normalized spacial score (nSPS) is 23.2. The molecule has 2 aliphatic carbocycles. The molecule has 7 rings (SSSR count). The number of halogens is 9. The minimum atomic E-state index is -4.68. The second-order valence-electron chi connectivity index (χ2n) is 15.7. The van der Waals surface area contributed by atoms with Gasteiger partial charge in [-0.15, -0.1) is 0 Å². The molecule has 1 atom stereocenters. The van der Waals surface area contributed by atoms with Crippen LogP contribution in [-0.4, -0.2) is 76.5 Å². The number of hydrogen-bond donors (Lipinski definition) is 0. The Hall–Kier alpha value is -4.59. The van der Waals surface area contributed by atoms with Gasteiger partial charge in [0.25, 0.3) is 5.91 Å². The van der Waals surface area contributed by atoms with Gasteiger partial charge in [0, 0.05) is 43.7 Å². The number of alkyl halides is 9. The smallest absolute Gasteiger partial charge is 0.376 e. The zero-order chi connectivity index (χ0) is 40.3. The first-order valence-electron chi connectivity index (χ1n) is 18.3. The summed E-state index contributed by atoms with van der Waals surface area (Å²) in [6.07, 6.45) is -10.7. The van der Waals surface area contributed by atoms with Gasteiger partial charge in [0.1, 0.15) is 5.41 Å². The van der Waals surface area contributed by atoms with Crippen molar-refractivity contribution in [2.24, 2.45) is 22.7 Å². The van der Waals surface area contributed by atoms with Crippen molar-refractivity contribution in [3.05, 3.63) is 88.2 Å². The third-order valence-electron chi connectivity index (χ3n) is 12.1. The summed E-state index contributed by atoms with van der Waals surface area (Å²) in [5.74, 6) is -3.41. The second-order valence-corrected chi connectivity index (χ2v) is 15.7. The van der Waals surface area contributed by atoms with Crippen LogP contribution in [0.15, 0.2) is 54.9 Å². The largest absolute Gasteiger partial charge is 0.416 e. The number of rotatable bonds is 9. The average Bonchev–Trinajstić information content (AvgIpc) is 3.70. The maximum absolute atomic E-state index is 13.8. The van der Waals surface area contributed by atoms with Gasteiger partial charge in [0.05, 0.1) is 54.6 Å². The first kappa shape index (κ1) is 39.6. The van der Waals surface area contributed by atoms with Crippen LogP contribution in [0.1, 0.15) is 82.6 Å². The highest BCUT2D eigenvalue weighted by Crippen LogP contribution is 2.60. The second kappa shape index (κ2) is 14.4. The fourth-order valence-electron chi connectivity index (χ4n) is 8.67. The number of likely N-dealkylation sites (tertiary alicyclic amines) is 2. The molecule has 0 bridgehead atoms. The molecule has 3 heterocycles.